The molecule has 1 aromatic carbocycles. The van der Waals surface area contributed by atoms with Gasteiger partial charge in [0.25, 0.3) is 11.5 Å². The molecular weight excluding hydrogens is 332 g/mol. The van der Waals surface area contributed by atoms with E-state index in [0.717, 1.165) is 15.9 Å². The van der Waals surface area contributed by atoms with Gasteiger partial charge in [0, 0.05) is 43.0 Å². The molecule has 0 saturated heterocycles. The van der Waals surface area contributed by atoms with Crippen molar-refractivity contribution >= 4 is 17.4 Å². The number of fused-ring (bicyclic) bond motifs is 1. The van der Waals surface area contributed by atoms with Crippen LogP contribution in [0.4, 0.5) is 5.69 Å². The minimum absolute atomic E-state index is 0.162. The predicted octanol–water partition coefficient (Wildman–Crippen LogP) is 1.74. The molecule has 0 spiro atoms. The second-order valence-electron chi connectivity index (χ2n) is 5.67. The third-order valence-electron chi connectivity index (χ3n) is 3.84. The molecule has 0 bridgehead atoms. The number of hydrogen-bond acceptors (Lipinski definition) is 5. The summed E-state index contributed by atoms with van der Waals surface area (Å²) in [6.07, 6.45) is 5.43. The van der Waals surface area contributed by atoms with Crippen molar-refractivity contribution < 1.29 is 4.79 Å². The van der Waals surface area contributed by atoms with Crippen molar-refractivity contribution in [3.63, 3.8) is 0 Å². The van der Waals surface area contributed by atoms with Crippen molar-refractivity contribution in [2.75, 3.05) is 5.32 Å². The lowest BCUT2D eigenvalue weighted by Crippen LogP contribution is -2.23. The first kappa shape index (κ1) is 15.7. The lowest BCUT2D eigenvalue weighted by molar-refractivity contribution is 0.102. The van der Waals surface area contributed by atoms with Gasteiger partial charge in [-0.3, -0.25) is 14.0 Å². The van der Waals surface area contributed by atoms with E-state index < -0.39 is 5.91 Å². The minimum Gasteiger partial charge on any atom is -0.321 e. The highest BCUT2D eigenvalue weighted by molar-refractivity contribution is 6.03. The van der Waals surface area contributed by atoms with Crippen molar-refractivity contribution in [1.82, 2.24) is 24.1 Å². The van der Waals surface area contributed by atoms with Crippen LogP contribution in [-0.4, -0.2) is 30.1 Å². The van der Waals surface area contributed by atoms with E-state index in [4.69, 9.17) is 0 Å². The molecular formula is C18H14N6O2. The normalized spacial score (nSPS) is 10.8. The molecule has 1 amide bonds. The molecule has 0 atom stereocenters. The van der Waals surface area contributed by atoms with Gasteiger partial charge in [-0.1, -0.05) is 12.1 Å². The fraction of sp³-hybridized carbons (Fsp3) is 0.0556. The SMILES string of the molecule is Cn1nc(C(=O)Nc2cccc(-c3cn4cccnc4n3)c2)ccc1=O. The lowest BCUT2D eigenvalue weighted by atomic mass is 10.1. The number of imidazole rings is 1. The van der Waals surface area contributed by atoms with Gasteiger partial charge in [-0.25, -0.2) is 14.6 Å². The number of benzene rings is 1. The molecule has 0 aliphatic heterocycles. The first-order valence-corrected chi connectivity index (χ1v) is 7.86. The van der Waals surface area contributed by atoms with Crippen molar-refractivity contribution in [2.45, 2.75) is 0 Å². The van der Waals surface area contributed by atoms with E-state index in [-0.39, 0.29) is 11.3 Å². The van der Waals surface area contributed by atoms with Gasteiger partial charge in [0.1, 0.15) is 5.69 Å². The molecule has 0 radical (unpaired) electrons. The zero-order chi connectivity index (χ0) is 18.1. The van der Waals surface area contributed by atoms with Crippen LogP contribution in [0.5, 0.6) is 0 Å². The summed E-state index contributed by atoms with van der Waals surface area (Å²) in [5.41, 5.74) is 2.09. The van der Waals surface area contributed by atoms with Gasteiger partial charge >= 0.3 is 0 Å². The van der Waals surface area contributed by atoms with Crippen LogP contribution in [0.15, 0.2) is 65.8 Å². The Hall–Kier alpha value is -3.81. The molecule has 8 heteroatoms. The summed E-state index contributed by atoms with van der Waals surface area (Å²) in [6, 6.07) is 11.9. The average molecular weight is 346 g/mol. The van der Waals surface area contributed by atoms with E-state index in [1.165, 1.54) is 19.2 Å². The molecule has 0 unspecified atom stereocenters. The first-order chi connectivity index (χ1) is 12.6. The maximum absolute atomic E-state index is 12.3. The van der Waals surface area contributed by atoms with Crippen LogP contribution < -0.4 is 10.9 Å². The van der Waals surface area contributed by atoms with Crippen molar-refractivity contribution in [3.05, 3.63) is 77.1 Å². The van der Waals surface area contributed by atoms with E-state index in [1.807, 2.05) is 41.1 Å². The number of aryl methyl sites for hydroxylation is 1. The molecule has 0 fully saturated rings. The van der Waals surface area contributed by atoms with Gasteiger partial charge in [0.15, 0.2) is 0 Å². The summed E-state index contributed by atoms with van der Waals surface area (Å²) in [5, 5.41) is 6.73. The summed E-state index contributed by atoms with van der Waals surface area (Å²) >= 11 is 0. The first-order valence-electron chi connectivity index (χ1n) is 7.86. The van der Waals surface area contributed by atoms with E-state index in [9.17, 15) is 9.59 Å². The molecule has 0 aliphatic carbocycles. The van der Waals surface area contributed by atoms with Crippen LogP contribution in [0.1, 0.15) is 10.5 Å². The lowest BCUT2D eigenvalue weighted by Gasteiger charge is -2.06. The molecule has 26 heavy (non-hydrogen) atoms. The molecule has 1 N–H and O–H groups in total. The molecule has 0 aliphatic rings. The Balaban J connectivity index is 1.62. The van der Waals surface area contributed by atoms with Gasteiger partial charge in [-0.2, -0.15) is 5.10 Å². The Morgan fingerprint density at radius 1 is 1.15 bits per heavy atom. The molecule has 3 aromatic heterocycles. The smallest absolute Gasteiger partial charge is 0.276 e. The molecule has 4 aromatic rings. The zero-order valence-corrected chi connectivity index (χ0v) is 13.8. The van der Waals surface area contributed by atoms with Crippen LogP contribution in [0, 0.1) is 0 Å². The average Bonchev–Trinajstić information content (AvgIpc) is 3.08. The molecule has 3 heterocycles. The number of aromatic nitrogens is 5. The van der Waals surface area contributed by atoms with Crippen LogP contribution >= 0.6 is 0 Å². The van der Waals surface area contributed by atoms with E-state index in [0.29, 0.717) is 11.5 Å². The number of anilines is 1. The summed E-state index contributed by atoms with van der Waals surface area (Å²) in [4.78, 5) is 32.4. The number of amides is 1. The van der Waals surface area contributed by atoms with Crippen molar-refractivity contribution in [3.8, 4) is 11.3 Å². The van der Waals surface area contributed by atoms with Crippen LogP contribution in [0.25, 0.3) is 17.0 Å². The Morgan fingerprint density at radius 3 is 2.85 bits per heavy atom. The fourth-order valence-electron chi connectivity index (χ4n) is 2.54. The second-order valence-corrected chi connectivity index (χ2v) is 5.67. The second kappa shape index (κ2) is 6.25. The monoisotopic (exact) mass is 346 g/mol. The van der Waals surface area contributed by atoms with Crippen LogP contribution in [0.3, 0.4) is 0 Å². The highest BCUT2D eigenvalue weighted by atomic mass is 16.2. The van der Waals surface area contributed by atoms with Gasteiger partial charge in [-0.05, 0) is 24.3 Å². The van der Waals surface area contributed by atoms with Gasteiger partial charge in [0.05, 0.1) is 5.69 Å². The Kier molecular flexibility index (Phi) is 3.77. The van der Waals surface area contributed by atoms with E-state index >= 15 is 0 Å². The van der Waals surface area contributed by atoms with E-state index in [1.54, 1.807) is 12.3 Å². The number of carbonyl (C=O) groups is 1. The van der Waals surface area contributed by atoms with Crippen molar-refractivity contribution in [1.29, 1.82) is 0 Å². The molecule has 128 valence electrons. The molecule has 8 nitrogen and oxygen atoms in total. The van der Waals surface area contributed by atoms with Crippen LogP contribution in [-0.2, 0) is 7.05 Å². The quantitative estimate of drug-likeness (QED) is 0.610. The van der Waals surface area contributed by atoms with E-state index in [2.05, 4.69) is 20.4 Å². The minimum atomic E-state index is -0.394. The third-order valence-corrected chi connectivity index (χ3v) is 3.84. The van der Waals surface area contributed by atoms with Gasteiger partial charge < -0.3 is 5.32 Å². The summed E-state index contributed by atoms with van der Waals surface area (Å²) in [5.74, 6) is 0.209. The number of nitrogens with zero attached hydrogens (tertiary/aromatic N) is 5. The number of carbonyl (C=O) groups excluding carboxylic acids is 1. The Labute approximate surface area is 147 Å². The number of hydrogen-bond donors (Lipinski definition) is 1. The van der Waals surface area contributed by atoms with Crippen LogP contribution in [0.2, 0.25) is 0 Å². The maximum Gasteiger partial charge on any atom is 0.276 e. The summed E-state index contributed by atoms with van der Waals surface area (Å²) in [7, 11) is 1.50. The Morgan fingerprint density at radius 2 is 2.04 bits per heavy atom. The summed E-state index contributed by atoms with van der Waals surface area (Å²) < 4.78 is 2.95. The topological polar surface area (TPSA) is 94.2 Å². The Bertz CT molecular complexity index is 1140. The zero-order valence-electron chi connectivity index (χ0n) is 13.8. The highest BCUT2D eigenvalue weighted by Gasteiger charge is 2.11. The fourth-order valence-corrected chi connectivity index (χ4v) is 2.54. The van der Waals surface area contributed by atoms with Crippen molar-refractivity contribution in [2.24, 2.45) is 7.05 Å². The third kappa shape index (κ3) is 2.95. The number of nitrogens with one attached hydrogen (secondary N) is 1. The van der Waals surface area contributed by atoms with Gasteiger partial charge in [-0.15, -0.1) is 0 Å². The molecule has 4 rings (SSSR count). The maximum atomic E-state index is 12.3. The summed E-state index contributed by atoms with van der Waals surface area (Å²) in [6.45, 7) is 0. The molecule has 0 saturated carbocycles. The number of rotatable bonds is 3. The highest BCUT2D eigenvalue weighted by Crippen LogP contribution is 2.22. The van der Waals surface area contributed by atoms with Gasteiger partial charge in [0.2, 0.25) is 5.78 Å². The largest absolute Gasteiger partial charge is 0.321 e. The standard InChI is InChI=1S/C18H14N6O2/c1-23-16(25)7-6-14(22-23)17(26)20-13-5-2-4-12(10-13)15-11-24-9-3-8-19-18(24)21-15/h2-11H,1H3,(H,20,26). The predicted molar refractivity (Wildman–Crippen MR) is 95.9 cm³/mol.